The van der Waals surface area contributed by atoms with Gasteiger partial charge in [0, 0.05) is 23.0 Å². The number of carbonyl (C=O) groups is 2. The molecule has 0 saturated heterocycles. The Morgan fingerprint density at radius 3 is 1.79 bits per heavy atom. The smallest absolute Gasteiger partial charge is 0.246 e. The van der Waals surface area contributed by atoms with Crippen molar-refractivity contribution in [1.82, 2.24) is 0 Å². The van der Waals surface area contributed by atoms with Gasteiger partial charge in [0.1, 0.15) is 6.04 Å². The first-order chi connectivity index (χ1) is 11.5. The fraction of sp³-hybridized carbons (Fsp3) is 0.263. The lowest BCUT2D eigenvalue weighted by Gasteiger charge is -2.16. The molecule has 5 heteroatoms. The zero-order chi connectivity index (χ0) is 17.5. The zero-order valence-electron chi connectivity index (χ0n) is 14.2. The molecule has 0 saturated carbocycles. The molecule has 2 aromatic rings. The summed E-state index contributed by atoms with van der Waals surface area (Å²) in [6.45, 7) is 5.49. The number of hydrogen-bond donors (Lipinski definition) is 3. The van der Waals surface area contributed by atoms with Gasteiger partial charge in [0.15, 0.2) is 0 Å². The van der Waals surface area contributed by atoms with E-state index in [1.165, 1.54) is 0 Å². The predicted molar refractivity (Wildman–Crippen MR) is 98.1 cm³/mol. The van der Waals surface area contributed by atoms with Gasteiger partial charge < -0.3 is 16.0 Å². The maximum atomic E-state index is 12.2. The second kappa shape index (κ2) is 8.15. The van der Waals surface area contributed by atoms with Crippen molar-refractivity contribution in [2.24, 2.45) is 5.92 Å². The van der Waals surface area contributed by atoms with Gasteiger partial charge in [-0.25, -0.2) is 0 Å². The minimum absolute atomic E-state index is 0.0219. The van der Waals surface area contributed by atoms with Gasteiger partial charge >= 0.3 is 0 Å². The van der Waals surface area contributed by atoms with E-state index in [1.54, 1.807) is 6.92 Å². The van der Waals surface area contributed by atoms with Crippen LogP contribution in [0.15, 0.2) is 54.6 Å². The first kappa shape index (κ1) is 17.5. The lowest BCUT2D eigenvalue weighted by atomic mass is 10.2. The van der Waals surface area contributed by atoms with Crippen LogP contribution in [0.25, 0.3) is 0 Å². The van der Waals surface area contributed by atoms with E-state index < -0.39 is 0 Å². The number of nitrogens with one attached hydrogen (secondary N) is 3. The molecule has 3 N–H and O–H groups in total. The largest absolute Gasteiger partial charge is 0.374 e. The molecule has 5 nitrogen and oxygen atoms in total. The Hall–Kier alpha value is -2.82. The number of benzene rings is 2. The van der Waals surface area contributed by atoms with Crippen molar-refractivity contribution in [2.75, 3.05) is 16.0 Å². The molecular formula is C19H23N3O2. The summed E-state index contributed by atoms with van der Waals surface area (Å²) in [6, 6.07) is 16.2. The van der Waals surface area contributed by atoms with Crippen LogP contribution in [-0.4, -0.2) is 17.9 Å². The van der Waals surface area contributed by atoms with Crippen LogP contribution >= 0.6 is 0 Å². The lowest BCUT2D eigenvalue weighted by molar-refractivity contribution is -0.119. The van der Waals surface area contributed by atoms with E-state index >= 15 is 0 Å². The summed E-state index contributed by atoms with van der Waals surface area (Å²) in [5.41, 5.74) is 2.32. The third-order valence-corrected chi connectivity index (χ3v) is 3.49. The van der Waals surface area contributed by atoms with Gasteiger partial charge in [0.25, 0.3) is 0 Å². The van der Waals surface area contributed by atoms with Gasteiger partial charge in [-0.05, 0) is 43.3 Å². The van der Waals surface area contributed by atoms with E-state index in [1.807, 2.05) is 68.4 Å². The second-order valence-corrected chi connectivity index (χ2v) is 5.94. The van der Waals surface area contributed by atoms with Crippen LogP contribution in [0.3, 0.4) is 0 Å². The van der Waals surface area contributed by atoms with Crippen LogP contribution in [0.2, 0.25) is 0 Å². The van der Waals surface area contributed by atoms with Gasteiger partial charge in [-0.2, -0.15) is 0 Å². The Balaban J connectivity index is 1.90. The van der Waals surface area contributed by atoms with Crippen LogP contribution in [-0.2, 0) is 9.59 Å². The highest BCUT2D eigenvalue weighted by atomic mass is 16.2. The molecule has 0 heterocycles. The van der Waals surface area contributed by atoms with Crippen molar-refractivity contribution in [3.05, 3.63) is 54.6 Å². The molecule has 24 heavy (non-hydrogen) atoms. The Kier molecular flexibility index (Phi) is 5.95. The van der Waals surface area contributed by atoms with Crippen LogP contribution in [0.4, 0.5) is 17.1 Å². The Morgan fingerprint density at radius 2 is 1.21 bits per heavy atom. The number of amides is 2. The minimum atomic E-state index is -0.388. The highest BCUT2D eigenvalue weighted by molar-refractivity contribution is 5.96. The average Bonchev–Trinajstić information content (AvgIpc) is 2.57. The molecule has 0 aliphatic rings. The summed E-state index contributed by atoms with van der Waals surface area (Å²) in [5, 5.41) is 8.83. The number of para-hydroxylation sites is 1. The van der Waals surface area contributed by atoms with Gasteiger partial charge in [-0.1, -0.05) is 32.0 Å². The minimum Gasteiger partial charge on any atom is -0.374 e. The Bertz CT molecular complexity index is 682. The summed E-state index contributed by atoms with van der Waals surface area (Å²) in [5.74, 6) is -0.200. The van der Waals surface area contributed by atoms with Gasteiger partial charge in [-0.15, -0.1) is 0 Å². The highest BCUT2D eigenvalue weighted by Crippen LogP contribution is 2.16. The second-order valence-electron chi connectivity index (χ2n) is 5.94. The van der Waals surface area contributed by atoms with E-state index in [4.69, 9.17) is 0 Å². The molecular weight excluding hydrogens is 302 g/mol. The van der Waals surface area contributed by atoms with Gasteiger partial charge in [0.05, 0.1) is 0 Å². The van der Waals surface area contributed by atoms with Crippen LogP contribution < -0.4 is 16.0 Å². The molecule has 126 valence electrons. The first-order valence-electron chi connectivity index (χ1n) is 7.99. The topological polar surface area (TPSA) is 70.2 Å². The first-order valence-corrected chi connectivity index (χ1v) is 7.99. The van der Waals surface area contributed by atoms with Gasteiger partial charge in [0.2, 0.25) is 11.8 Å². The van der Waals surface area contributed by atoms with Crippen molar-refractivity contribution in [3.8, 4) is 0 Å². The van der Waals surface area contributed by atoms with Crippen molar-refractivity contribution in [2.45, 2.75) is 26.8 Å². The molecule has 1 atom stereocenters. The fourth-order valence-corrected chi connectivity index (χ4v) is 2.02. The molecule has 2 rings (SSSR count). The maximum absolute atomic E-state index is 12.2. The van der Waals surface area contributed by atoms with Crippen LogP contribution in [0.5, 0.6) is 0 Å². The van der Waals surface area contributed by atoms with Crippen LogP contribution in [0, 0.1) is 5.92 Å². The van der Waals surface area contributed by atoms with E-state index in [0.29, 0.717) is 0 Å². The summed E-state index contributed by atoms with van der Waals surface area (Å²) in [7, 11) is 0. The van der Waals surface area contributed by atoms with Crippen molar-refractivity contribution < 1.29 is 9.59 Å². The van der Waals surface area contributed by atoms with Crippen molar-refractivity contribution in [3.63, 3.8) is 0 Å². The standard InChI is InChI=1S/C19H23N3O2/c1-13(2)18(23)21-17-11-9-16(10-12-17)20-14(3)19(24)22-15-7-5-4-6-8-15/h4-14,20H,1-3H3,(H,21,23)(H,22,24). The summed E-state index contributed by atoms with van der Waals surface area (Å²) < 4.78 is 0. The molecule has 2 amide bonds. The summed E-state index contributed by atoms with van der Waals surface area (Å²) >= 11 is 0. The molecule has 0 aliphatic carbocycles. The average molecular weight is 325 g/mol. The molecule has 0 aromatic heterocycles. The number of rotatable bonds is 6. The molecule has 0 aliphatic heterocycles. The maximum Gasteiger partial charge on any atom is 0.246 e. The monoisotopic (exact) mass is 325 g/mol. The molecule has 0 radical (unpaired) electrons. The Morgan fingerprint density at radius 1 is 0.708 bits per heavy atom. The third kappa shape index (κ3) is 5.12. The molecule has 0 spiro atoms. The van der Waals surface area contributed by atoms with Crippen molar-refractivity contribution >= 4 is 28.9 Å². The van der Waals surface area contributed by atoms with E-state index in [2.05, 4.69) is 16.0 Å². The highest BCUT2D eigenvalue weighted by Gasteiger charge is 2.13. The SMILES string of the molecule is CC(C)C(=O)Nc1ccc(NC(C)C(=O)Nc2ccccc2)cc1. The number of anilines is 3. The fourth-order valence-electron chi connectivity index (χ4n) is 2.02. The molecule has 0 fully saturated rings. The van der Waals surface area contributed by atoms with E-state index in [-0.39, 0.29) is 23.8 Å². The number of hydrogen-bond acceptors (Lipinski definition) is 3. The lowest BCUT2D eigenvalue weighted by Crippen LogP contribution is -2.31. The molecule has 0 bridgehead atoms. The zero-order valence-corrected chi connectivity index (χ0v) is 14.2. The van der Waals surface area contributed by atoms with E-state index in [0.717, 1.165) is 17.1 Å². The summed E-state index contributed by atoms with van der Waals surface area (Å²) in [6.07, 6.45) is 0. The Labute approximate surface area is 142 Å². The molecule has 1 unspecified atom stereocenters. The van der Waals surface area contributed by atoms with Crippen LogP contribution in [0.1, 0.15) is 20.8 Å². The van der Waals surface area contributed by atoms with Crippen molar-refractivity contribution in [1.29, 1.82) is 0 Å². The number of carbonyl (C=O) groups excluding carboxylic acids is 2. The quantitative estimate of drug-likeness (QED) is 0.758. The molecule has 2 aromatic carbocycles. The normalized spacial score (nSPS) is 11.7. The third-order valence-electron chi connectivity index (χ3n) is 3.49. The summed E-state index contributed by atoms with van der Waals surface area (Å²) in [4.78, 5) is 23.8. The predicted octanol–water partition coefficient (Wildman–Crippen LogP) is 3.72. The van der Waals surface area contributed by atoms with E-state index in [9.17, 15) is 9.59 Å². The van der Waals surface area contributed by atoms with Gasteiger partial charge in [-0.3, -0.25) is 9.59 Å².